The Morgan fingerprint density at radius 3 is 3.08 bits per heavy atom. The van der Waals surface area contributed by atoms with Crippen LogP contribution in [-0.2, 0) is 6.42 Å². The van der Waals surface area contributed by atoms with Crippen molar-refractivity contribution in [2.45, 2.75) is 6.42 Å². The van der Waals surface area contributed by atoms with Gasteiger partial charge in [0.1, 0.15) is 11.3 Å². The molecule has 1 aromatic heterocycles. The van der Waals surface area contributed by atoms with E-state index in [-0.39, 0.29) is 5.75 Å². The molecule has 2 rings (SSSR count). The van der Waals surface area contributed by atoms with Crippen LogP contribution in [0.4, 0.5) is 0 Å². The number of aromatic amines is 1. The van der Waals surface area contributed by atoms with E-state index >= 15 is 0 Å². The lowest BCUT2D eigenvalue weighted by Crippen LogP contribution is -2.03. The van der Waals surface area contributed by atoms with Crippen molar-refractivity contribution in [3.63, 3.8) is 0 Å². The molecule has 4 N–H and O–H groups in total. The molecule has 0 atom stereocenters. The highest BCUT2D eigenvalue weighted by molar-refractivity contribution is 5.86. The molecule has 0 saturated heterocycles. The van der Waals surface area contributed by atoms with Gasteiger partial charge in [-0.1, -0.05) is 12.1 Å². The van der Waals surface area contributed by atoms with E-state index < -0.39 is 0 Å². The molecule has 0 spiro atoms. The van der Waals surface area contributed by atoms with E-state index in [1.54, 1.807) is 12.1 Å². The Hall–Kier alpha value is -1.55. The second kappa shape index (κ2) is 3.06. The number of para-hydroxylation sites is 1. The molecule has 0 amide bonds. The Labute approximate surface area is 75.4 Å². The topological polar surface area (TPSA) is 74.9 Å². The van der Waals surface area contributed by atoms with Gasteiger partial charge in [0.05, 0.1) is 0 Å². The maximum Gasteiger partial charge on any atom is 0.143 e. The van der Waals surface area contributed by atoms with E-state index in [1.807, 2.05) is 6.07 Å². The fraction of sp³-hybridized carbons (Fsp3) is 0.222. The monoisotopic (exact) mass is 177 g/mol. The number of hydrogen-bond donors (Lipinski definition) is 3. The maximum atomic E-state index is 9.44. The number of H-pyrrole nitrogens is 1. The van der Waals surface area contributed by atoms with Crippen LogP contribution in [-0.4, -0.2) is 21.8 Å². The molecule has 0 bridgehead atoms. The lowest BCUT2D eigenvalue weighted by Gasteiger charge is -1.94. The third kappa shape index (κ3) is 1.25. The van der Waals surface area contributed by atoms with Crippen LogP contribution in [0.1, 0.15) is 5.69 Å². The molecule has 0 saturated carbocycles. The Morgan fingerprint density at radius 2 is 2.31 bits per heavy atom. The molecule has 2 aromatic rings. The molecule has 0 aliphatic heterocycles. The minimum absolute atomic E-state index is 0.206. The molecule has 0 unspecified atom stereocenters. The van der Waals surface area contributed by atoms with Gasteiger partial charge in [-0.05, 0) is 12.6 Å². The van der Waals surface area contributed by atoms with Crippen LogP contribution in [0, 0.1) is 0 Å². The number of fused-ring (bicyclic) bond motifs is 1. The van der Waals surface area contributed by atoms with Crippen LogP contribution in [0.2, 0.25) is 0 Å². The van der Waals surface area contributed by atoms with Crippen LogP contribution in [0.25, 0.3) is 10.9 Å². The molecule has 68 valence electrons. The molecule has 1 aromatic carbocycles. The first-order chi connectivity index (χ1) is 6.33. The summed E-state index contributed by atoms with van der Waals surface area (Å²) < 4.78 is 0. The molecule has 0 fully saturated rings. The van der Waals surface area contributed by atoms with Gasteiger partial charge in [0, 0.05) is 17.5 Å². The fourth-order valence-electron chi connectivity index (χ4n) is 1.41. The van der Waals surface area contributed by atoms with Gasteiger partial charge in [0.2, 0.25) is 0 Å². The number of hydrogen-bond acceptors (Lipinski definition) is 3. The van der Waals surface area contributed by atoms with E-state index in [2.05, 4.69) is 10.2 Å². The van der Waals surface area contributed by atoms with Crippen molar-refractivity contribution >= 4 is 10.9 Å². The third-order valence-corrected chi connectivity index (χ3v) is 2.04. The van der Waals surface area contributed by atoms with Gasteiger partial charge in [-0.3, -0.25) is 5.10 Å². The SMILES string of the molecule is NCCc1[nH]nc2c(O)cccc12. The number of nitrogens with one attached hydrogen (secondary N) is 1. The maximum absolute atomic E-state index is 9.44. The van der Waals surface area contributed by atoms with Crippen LogP contribution < -0.4 is 5.73 Å². The van der Waals surface area contributed by atoms with Crippen molar-refractivity contribution in [2.24, 2.45) is 5.73 Å². The minimum atomic E-state index is 0.206. The molecule has 4 heteroatoms. The quantitative estimate of drug-likeness (QED) is 0.634. The highest BCUT2D eigenvalue weighted by Gasteiger charge is 2.06. The van der Waals surface area contributed by atoms with Crippen molar-refractivity contribution < 1.29 is 5.11 Å². The summed E-state index contributed by atoms with van der Waals surface area (Å²) in [5.41, 5.74) is 7.04. The summed E-state index contributed by atoms with van der Waals surface area (Å²) in [4.78, 5) is 0. The van der Waals surface area contributed by atoms with E-state index in [9.17, 15) is 5.11 Å². The summed E-state index contributed by atoms with van der Waals surface area (Å²) in [6.45, 7) is 0.576. The number of nitrogens with two attached hydrogens (primary N) is 1. The zero-order chi connectivity index (χ0) is 9.26. The minimum Gasteiger partial charge on any atom is -0.506 e. The number of nitrogens with zero attached hydrogens (tertiary/aromatic N) is 1. The van der Waals surface area contributed by atoms with Gasteiger partial charge in [0.25, 0.3) is 0 Å². The Morgan fingerprint density at radius 1 is 1.46 bits per heavy atom. The van der Waals surface area contributed by atoms with Crippen molar-refractivity contribution in [3.05, 3.63) is 23.9 Å². The number of benzene rings is 1. The lowest BCUT2D eigenvalue weighted by molar-refractivity contribution is 0.480. The van der Waals surface area contributed by atoms with Crippen molar-refractivity contribution in [1.82, 2.24) is 10.2 Å². The summed E-state index contributed by atoms with van der Waals surface area (Å²) in [6, 6.07) is 5.34. The highest BCUT2D eigenvalue weighted by Crippen LogP contribution is 2.24. The number of aromatic hydroxyl groups is 1. The molecule has 13 heavy (non-hydrogen) atoms. The lowest BCUT2D eigenvalue weighted by atomic mass is 10.1. The number of phenolic OH excluding ortho intramolecular Hbond substituents is 1. The Bertz CT molecular complexity index is 422. The smallest absolute Gasteiger partial charge is 0.143 e. The molecular formula is C9H11N3O. The van der Waals surface area contributed by atoms with E-state index in [4.69, 9.17) is 5.73 Å². The normalized spacial score (nSPS) is 10.8. The van der Waals surface area contributed by atoms with Gasteiger partial charge < -0.3 is 10.8 Å². The predicted octanol–water partition coefficient (Wildman–Crippen LogP) is 0.770. The van der Waals surface area contributed by atoms with Crippen LogP contribution in [0.3, 0.4) is 0 Å². The summed E-state index contributed by atoms with van der Waals surface area (Å²) in [5, 5.41) is 17.3. The molecule has 0 aliphatic carbocycles. The number of aromatic nitrogens is 2. The second-order valence-electron chi connectivity index (χ2n) is 2.91. The van der Waals surface area contributed by atoms with E-state index in [0.29, 0.717) is 12.1 Å². The van der Waals surface area contributed by atoms with Crippen molar-refractivity contribution in [2.75, 3.05) is 6.54 Å². The number of phenols is 1. The van der Waals surface area contributed by atoms with Gasteiger partial charge in [0.15, 0.2) is 0 Å². The van der Waals surface area contributed by atoms with Gasteiger partial charge in [-0.15, -0.1) is 0 Å². The van der Waals surface area contributed by atoms with Crippen LogP contribution in [0.5, 0.6) is 5.75 Å². The average Bonchev–Trinajstić information content (AvgIpc) is 2.51. The van der Waals surface area contributed by atoms with Gasteiger partial charge >= 0.3 is 0 Å². The zero-order valence-corrected chi connectivity index (χ0v) is 7.12. The zero-order valence-electron chi connectivity index (χ0n) is 7.12. The summed E-state index contributed by atoms with van der Waals surface area (Å²) >= 11 is 0. The van der Waals surface area contributed by atoms with Gasteiger partial charge in [-0.2, -0.15) is 5.10 Å². The first-order valence-corrected chi connectivity index (χ1v) is 4.18. The predicted molar refractivity (Wildman–Crippen MR) is 50.5 cm³/mol. The van der Waals surface area contributed by atoms with E-state index in [1.165, 1.54) is 0 Å². The first kappa shape index (κ1) is 8.07. The van der Waals surface area contributed by atoms with Crippen LogP contribution >= 0.6 is 0 Å². The van der Waals surface area contributed by atoms with Gasteiger partial charge in [-0.25, -0.2) is 0 Å². The fourth-order valence-corrected chi connectivity index (χ4v) is 1.41. The Kier molecular flexibility index (Phi) is 1.90. The summed E-state index contributed by atoms with van der Waals surface area (Å²) in [7, 11) is 0. The van der Waals surface area contributed by atoms with E-state index in [0.717, 1.165) is 17.5 Å². The van der Waals surface area contributed by atoms with Crippen LogP contribution in [0.15, 0.2) is 18.2 Å². The standard InChI is InChI=1S/C9H11N3O/c10-5-4-7-6-2-1-3-8(13)9(6)12-11-7/h1-3,13H,4-5,10H2,(H,11,12). The van der Waals surface area contributed by atoms with Crippen molar-refractivity contribution in [1.29, 1.82) is 0 Å². The molecule has 0 radical (unpaired) electrons. The van der Waals surface area contributed by atoms with Crippen molar-refractivity contribution in [3.8, 4) is 5.75 Å². The molecule has 4 nitrogen and oxygen atoms in total. The summed E-state index contributed by atoms with van der Waals surface area (Å²) in [6.07, 6.45) is 0.750. The highest BCUT2D eigenvalue weighted by atomic mass is 16.3. The Balaban J connectivity index is 2.61. The molecule has 0 aliphatic rings. The molecular weight excluding hydrogens is 166 g/mol. The average molecular weight is 177 g/mol. The molecule has 1 heterocycles. The second-order valence-corrected chi connectivity index (χ2v) is 2.91. The third-order valence-electron chi connectivity index (χ3n) is 2.04. The first-order valence-electron chi connectivity index (χ1n) is 4.18. The largest absolute Gasteiger partial charge is 0.506 e. The summed E-state index contributed by atoms with van der Waals surface area (Å²) in [5.74, 6) is 0.206. The number of rotatable bonds is 2.